The zero-order valence-electron chi connectivity index (χ0n) is 8.58. The highest BCUT2D eigenvalue weighted by molar-refractivity contribution is 7.19. The van der Waals surface area contributed by atoms with Gasteiger partial charge in [-0.2, -0.15) is 9.61 Å². The molecule has 16 heavy (non-hydrogen) atoms. The molecule has 0 radical (unpaired) electrons. The number of nitrogens with two attached hydrogens (primary N) is 1. The number of aromatic nitrogens is 4. The first-order valence-electron chi connectivity index (χ1n) is 4.78. The Bertz CT molecular complexity index is 626. The summed E-state index contributed by atoms with van der Waals surface area (Å²) in [6.45, 7) is 1.99. The molecule has 6 heteroatoms. The second kappa shape index (κ2) is 3.28. The highest BCUT2D eigenvalue weighted by atomic mass is 32.1. The van der Waals surface area contributed by atoms with Gasteiger partial charge in [0.25, 0.3) is 0 Å². The molecule has 0 amide bonds. The Hall–Kier alpha value is -1.95. The van der Waals surface area contributed by atoms with E-state index in [1.54, 1.807) is 10.8 Å². The van der Waals surface area contributed by atoms with E-state index < -0.39 is 0 Å². The van der Waals surface area contributed by atoms with Crippen molar-refractivity contribution in [1.29, 1.82) is 0 Å². The van der Waals surface area contributed by atoms with Crippen LogP contribution in [-0.4, -0.2) is 19.8 Å². The normalized spacial score (nSPS) is 11.1. The molecule has 1 aromatic carbocycles. The van der Waals surface area contributed by atoms with Crippen molar-refractivity contribution >= 4 is 22.0 Å². The Labute approximate surface area is 95.5 Å². The van der Waals surface area contributed by atoms with E-state index >= 15 is 0 Å². The molecule has 0 unspecified atom stereocenters. The van der Waals surface area contributed by atoms with Crippen LogP contribution in [0.1, 0.15) is 5.56 Å². The van der Waals surface area contributed by atoms with Crippen LogP contribution in [0, 0.1) is 6.92 Å². The third-order valence-corrected chi connectivity index (χ3v) is 3.44. The molecule has 0 atom stereocenters. The molecule has 80 valence electrons. The molecular formula is C10H9N5S. The maximum atomic E-state index is 5.87. The van der Waals surface area contributed by atoms with Crippen molar-refractivity contribution in [2.24, 2.45) is 0 Å². The van der Waals surface area contributed by atoms with Crippen molar-refractivity contribution in [2.45, 2.75) is 6.92 Å². The molecule has 0 saturated heterocycles. The predicted molar refractivity (Wildman–Crippen MR) is 63.2 cm³/mol. The summed E-state index contributed by atoms with van der Waals surface area (Å²) in [5, 5.41) is 13.0. The molecule has 3 rings (SSSR count). The second-order valence-corrected chi connectivity index (χ2v) is 4.44. The van der Waals surface area contributed by atoms with Gasteiger partial charge in [0.1, 0.15) is 11.3 Å². The summed E-state index contributed by atoms with van der Waals surface area (Å²) >= 11 is 1.50. The van der Waals surface area contributed by atoms with E-state index in [1.807, 2.05) is 25.1 Å². The fourth-order valence-corrected chi connectivity index (χ4v) is 2.46. The number of benzene rings is 1. The number of hydrogen-bond donors (Lipinski definition) is 1. The van der Waals surface area contributed by atoms with E-state index in [9.17, 15) is 0 Å². The van der Waals surface area contributed by atoms with E-state index in [1.165, 1.54) is 11.3 Å². The molecule has 0 aliphatic heterocycles. The van der Waals surface area contributed by atoms with E-state index in [0.717, 1.165) is 26.8 Å². The highest BCUT2D eigenvalue weighted by Crippen LogP contribution is 2.29. The van der Waals surface area contributed by atoms with Crippen LogP contribution in [0.15, 0.2) is 24.5 Å². The number of fused-ring (bicyclic) bond motifs is 1. The fraction of sp³-hybridized carbons (Fsp3) is 0.100. The SMILES string of the molecule is Cc1c(N)cccc1-c1nn2cnnc2s1. The molecule has 0 aliphatic rings. The lowest BCUT2D eigenvalue weighted by Gasteiger charge is -2.03. The van der Waals surface area contributed by atoms with Gasteiger partial charge in [-0.05, 0) is 18.6 Å². The molecule has 0 bridgehead atoms. The largest absolute Gasteiger partial charge is 0.398 e. The Morgan fingerprint density at radius 2 is 2.25 bits per heavy atom. The zero-order chi connectivity index (χ0) is 11.1. The monoisotopic (exact) mass is 231 g/mol. The number of anilines is 1. The molecule has 0 spiro atoms. The van der Waals surface area contributed by atoms with Gasteiger partial charge in [0.05, 0.1) is 0 Å². The Balaban J connectivity index is 2.23. The Morgan fingerprint density at radius 1 is 1.38 bits per heavy atom. The van der Waals surface area contributed by atoms with E-state index in [4.69, 9.17) is 5.73 Å². The first kappa shape index (κ1) is 9.29. The van der Waals surface area contributed by atoms with Crippen LogP contribution in [0.4, 0.5) is 5.69 Å². The lowest BCUT2D eigenvalue weighted by molar-refractivity contribution is 0.959. The minimum atomic E-state index is 0.781. The maximum Gasteiger partial charge on any atom is 0.234 e. The molecular weight excluding hydrogens is 222 g/mol. The molecule has 3 aromatic rings. The first-order chi connectivity index (χ1) is 7.75. The molecule has 5 nitrogen and oxygen atoms in total. The molecule has 2 aromatic heterocycles. The number of rotatable bonds is 1. The molecule has 0 aliphatic carbocycles. The summed E-state index contributed by atoms with van der Waals surface area (Å²) < 4.78 is 1.67. The van der Waals surface area contributed by atoms with Crippen LogP contribution < -0.4 is 5.73 Å². The summed E-state index contributed by atoms with van der Waals surface area (Å²) in [6, 6.07) is 5.83. The first-order valence-corrected chi connectivity index (χ1v) is 5.59. The van der Waals surface area contributed by atoms with Gasteiger partial charge in [-0.3, -0.25) is 0 Å². The Kier molecular flexibility index (Phi) is 1.90. The average Bonchev–Trinajstić information content (AvgIpc) is 2.81. The Morgan fingerprint density at radius 3 is 3.06 bits per heavy atom. The quantitative estimate of drug-likeness (QED) is 0.648. The van der Waals surface area contributed by atoms with Gasteiger partial charge in [-0.15, -0.1) is 10.2 Å². The van der Waals surface area contributed by atoms with Crippen molar-refractivity contribution in [3.8, 4) is 10.6 Å². The summed E-state index contributed by atoms with van der Waals surface area (Å²) in [7, 11) is 0. The molecule has 2 N–H and O–H groups in total. The van der Waals surface area contributed by atoms with E-state index in [-0.39, 0.29) is 0 Å². The van der Waals surface area contributed by atoms with Gasteiger partial charge in [0.2, 0.25) is 4.96 Å². The smallest absolute Gasteiger partial charge is 0.234 e. The number of hydrogen-bond acceptors (Lipinski definition) is 5. The summed E-state index contributed by atoms with van der Waals surface area (Å²) in [6.07, 6.45) is 1.59. The minimum absolute atomic E-state index is 0.781. The lowest BCUT2D eigenvalue weighted by atomic mass is 10.1. The van der Waals surface area contributed by atoms with Gasteiger partial charge in [-0.1, -0.05) is 23.5 Å². The summed E-state index contributed by atoms with van der Waals surface area (Å²) in [5.41, 5.74) is 8.75. The number of nitrogens with zero attached hydrogens (tertiary/aromatic N) is 4. The second-order valence-electron chi connectivity index (χ2n) is 3.49. The number of nitrogen functional groups attached to an aromatic ring is 1. The molecule has 2 heterocycles. The summed E-state index contributed by atoms with van der Waals surface area (Å²) in [5.74, 6) is 0. The topological polar surface area (TPSA) is 69.1 Å². The van der Waals surface area contributed by atoms with Crippen LogP contribution in [0.3, 0.4) is 0 Å². The van der Waals surface area contributed by atoms with Crippen LogP contribution in [-0.2, 0) is 0 Å². The maximum absolute atomic E-state index is 5.87. The van der Waals surface area contributed by atoms with Gasteiger partial charge in [-0.25, -0.2) is 0 Å². The van der Waals surface area contributed by atoms with Gasteiger partial charge in [0.15, 0.2) is 0 Å². The van der Waals surface area contributed by atoms with E-state index in [0.29, 0.717) is 0 Å². The standard InChI is InChI=1S/C10H9N5S/c1-6-7(3-2-4-8(6)11)9-14-15-5-12-13-10(15)16-9/h2-5H,11H2,1H3. The van der Waals surface area contributed by atoms with Crippen LogP contribution in [0.2, 0.25) is 0 Å². The predicted octanol–water partition coefficient (Wildman–Crippen LogP) is 1.74. The van der Waals surface area contributed by atoms with Crippen LogP contribution >= 0.6 is 11.3 Å². The van der Waals surface area contributed by atoms with Crippen molar-refractivity contribution in [2.75, 3.05) is 5.73 Å². The van der Waals surface area contributed by atoms with Gasteiger partial charge >= 0.3 is 0 Å². The van der Waals surface area contributed by atoms with E-state index in [2.05, 4.69) is 15.3 Å². The third kappa shape index (κ3) is 1.27. The van der Waals surface area contributed by atoms with Crippen molar-refractivity contribution < 1.29 is 0 Å². The minimum Gasteiger partial charge on any atom is -0.398 e. The van der Waals surface area contributed by atoms with Crippen LogP contribution in [0.5, 0.6) is 0 Å². The third-order valence-electron chi connectivity index (χ3n) is 2.49. The summed E-state index contributed by atoms with van der Waals surface area (Å²) in [4.78, 5) is 0.789. The molecule has 0 saturated carbocycles. The average molecular weight is 231 g/mol. The van der Waals surface area contributed by atoms with Gasteiger partial charge < -0.3 is 5.73 Å². The van der Waals surface area contributed by atoms with Crippen molar-refractivity contribution in [3.05, 3.63) is 30.1 Å². The highest BCUT2D eigenvalue weighted by Gasteiger charge is 2.10. The van der Waals surface area contributed by atoms with Gasteiger partial charge in [0, 0.05) is 11.3 Å². The van der Waals surface area contributed by atoms with Crippen molar-refractivity contribution in [3.63, 3.8) is 0 Å². The van der Waals surface area contributed by atoms with Crippen LogP contribution in [0.25, 0.3) is 15.5 Å². The fourth-order valence-electron chi connectivity index (χ4n) is 1.55. The zero-order valence-corrected chi connectivity index (χ0v) is 9.40. The lowest BCUT2D eigenvalue weighted by Crippen LogP contribution is -1.92. The van der Waals surface area contributed by atoms with Crippen molar-refractivity contribution in [1.82, 2.24) is 19.8 Å². The molecule has 0 fully saturated rings.